The smallest absolute Gasteiger partial charge is 0.407 e. The van der Waals surface area contributed by atoms with Crippen molar-refractivity contribution in [1.29, 1.82) is 0 Å². The van der Waals surface area contributed by atoms with Crippen molar-refractivity contribution in [3.05, 3.63) is 87.4 Å². The minimum Gasteiger partial charge on any atom is -0.489 e. The number of methoxy groups -OCH3 is 1. The van der Waals surface area contributed by atoms with Crippen molar-refractivity contribution in [1.82, 2.24) is 5.32 Å². The van der Waals surface area contributed by atoms with E-state index in [2.05, 4.69) is 26.0 Å². The first-order valence-electron chi connectivity index (χ1n) is 11.5. The molecule has 0 aromatic heterocycles. The first-order valence-corrected chi connectivity index (χ1v) is 12.3. The van der Waals surface area contributed by atoms with Gasteiger partial charge in [-0.2, -0.15) is 0 Å². The van der Waals surface area contributed by atoms with Gasteiger partial charge >= 0.3 is 12.1 Å². The monoisotopic (exact) mass is 575 g/mol. The van der Waals surface area contributed by atoms with Gasteiger partial charge in [0.2, 0.25) is 0 Å². The number of carbonyl (C=O) groups excluding carboxylic acids is 2. The fraction of sp³-hybridized carbons (Fsp3) is 0.286. The van der Waals surface area contributed by atoms with Crippen LogP contribution in [0.1, 0.15) is 37.5 Å². The van der Waals surface area contributed by atoms with Gasteiger partial charge in [-0.15, -0.1) is 0 Å². The molecule has 0 fully saturated rings. The van der Waals surface area contributed by atoms with Gasteiger partial charge in [0.15, 0.2) is 0 Å². The lowest BCUT2D eigenvalue weighted by Gasteiger charge is -2.20. The molecule has 6 nitrogen and oxygen atoms in total. The van der Waals surface area contributed by atoms with Crippen LogP contribution in [0.15, 0.2) is 59.1 Å². The fourth-order valence-electron chi connectivity index (χ4n) is 3.53. The van der Waals surface area contributed by atoms with E-state index in [0.29, 0.717) is 32.5 Å². The second-order valence-corrected chi connectivity index (χ2v) is 10.2. The number of hydrogen-bond acceptors (Lipinski definition) is 5. The minimum absolute atomic E-state index is 0.0356. The normalized spacial score (nSPS) is 11.1. The molecule has 0 unspecified atom stereocenters. The Morgan fingerprint density at radius 2 is 1.76 bits per heavy atom. The highest BCUT2D eigenvalue weighted by Crippen LogP contribution is 2.30. The van der Waals surface area contributed by atoms with E-state index in [9.17, 15) is 14.0 Å². The van der Waals surface area contributed by atoms with Gasteiger partial charge in [-0.05, 0) is 68.3 Å². The Hall–Kier alpha value is -3.46. The summed E-state index contributed by atoms with van der Waals surface area (Å²) in [5.41, 5.74) is 1.66. The second-order valence-electron chi connectivity index (χ2n) is 9.28. The summed E-state index contributed by atoms with van der Waals surface area (Å²) < 4.78 is 45.6. The summed E-state index contributed by atoms with van der Waals surface area (Å²) >= 11 is 3.46. The lowest BCUT2D eigenvalue weighted by molar-refractivity contribution is -0.139. The van der Waals surface area contributed by atoms with Gasteiger partial charge in [-0.25, -0.2) is 13.6 Å². The van der Waals surface area contributed by atoms with Crippen molar-refractivity contribution in [2.24, 2.45) is 0 Å². The van der Waals surface area contributed by atoms with Crippen LogP contribution in [0.5, 0.6) is 5.75 Å². The van der Waals surface area contributed by atoms with E-state index in [1.165, 1.54) is 25.3 Å². The molecule has 0 atom stereocenters. The van der Waals surface area contributed by atoms with E-state index >= 15 is 4.39 Å². The molecule has 0 spiro atoms. The van der Waals surface area contributed by atoms with Crippen LogP contribution in [0.2, 0.25) is 0 Å². The molecule has 3 rings (SSSR count). The number of esters is 1. The molecule has 0 aliphatic rings. The maximum absolute atomic E-state index is 15.4. The van der Waals surface area contributed by atoms with E-state index in [1.807, 2.05) is 6.07 Å². The molecule has 3 aromatic rings. The third-order valence-electron chi connectivity index (χ3n) is 5.15. The number of nitrogens with one attached hydrogen (secondary N) is 1. The van der Waals surface area contributed by atoms with Crippen LogP contribution >= 0.6 is 15.9 Å². The summed E-state index contributed by atoms with van der Waals surface area (Å²) in [6.07, 6.45) is -0.769. The number of halogens is 3. The predicted octanol–water partition coefficient (Wildman–Crippen LogP) is 6.71. The highest BCUT2D eigenvalue weighted by atomic mass is 79.9. The largest absolute Gasteiger partial charge is 0.489 e. The lowest BCUT2D eigenvalue weighted by Crippen LogP contribution is -2.32. The van der Waals surface area contributed by atoms with Gasteiger partial charge in [0.1, 0.15) is 29.6 Å². The van der Waals surface area contributed by atoms with Crippen molar-refractivity contribution >= 4 is 28.0 Å². The summed E-state index contributed by atoms with van der Waals surface area (Å²) in [4.78, 5) is 23.7. The average Bonchev–Trinajstić information content (AvgIpc) is 2.81. The molecule has 0 saturated carbocycles. The lowest BCUT2D eigenvalue weighted by atomic mass is 10.00. The van der Waals surface area contributed by atoms with Gasteiger partial charge in [0, 0.05) is 27.7 Å². The first kappa shape index (κ1) is 28.1. The van der Waals surface area contributed by atoms with Gasteiger partial charge in [-0.3, -0.25) is 4.79 Å². The predicted molar refractivity (Wildman–Crippen MR) is 139 cm³/mol. The second kappa shape index (κ2) is 12.2. The van der Waals surface area contributed by atoms with E-state index in [-0.39, 0.29) is 19.6 Å². The van der Waals surface area contributed by atoms with Gasteiger partial charge in [0.05, 0.1) is 13.5 Å². The molecule has 0 heterocycles. The number of amides is 1. The Balaban J connectivity index is 1.79. The minimum atomic E-state index is -0.659. The Labute approximate surface area is 223 Å². The topological polar surface area (TPSA) is 73.9 Å². The summed E-state index contributed by atoms with van der Waals surface area (Å²) in [6, 6.07) is 14.2. The van der Waals surface area contributed by atoms with E-state index in [4.69, 9.17) is 9.47 Å². The Kier molecular flexibility index (Phi) is 9.26. The molecule has 1 N–H and O–H groups in total. The molecule has 0 saturated heterocycles. The molecular weight excluding hydrogens is 548 g/mol. The van der Waals surface area contributed by atoms with Gasteiger partial charge in [0.25, 0.3) is 0 Å². The number of hydrogen-bond donors (Lipinski definition) is 1. The van der Waals surface area contributed by atoms with Crippen molar-refractivity contribution in [3.63, 3.8) is 0 Å². The van der Waals surface area contributed by atoms with Crippen molar-refractivity contribution in [2.45, 2.75) is 45.9 Å². The molecule has 0 aliphatic carbocycles. The van der Waals surface area contributed by atoms with Crippen LogP contribution in [-0.4, -0.2) is 24.8 Å². The Bertz CT molecular complexity index is 1290. The first-order chi connectivity index (χ1) is 17.4. The molecule has 37 heavy (non-hydrogen) atoms. The molecule has 1 amide bonds. The van der Waals surface area contributed by atoms with Crippen LogP contribution < -0.4 is 10.1 Å². The number of benzene rings is 3. The van der Waals surface area contributed by atoms with E-state index in [0.717, 1.165) is 5.56 Å². The van der Waals surface area contributed by atoms with E-state index < -0.39 is 29.3 Å². The SMILES string of the molecule is COC(=O)Cc1cc(F)ccc1OCc1cc(Br)cc(-c2cccc(CNC(=O)OC(C)(C)C)c2F)c1. The zero-order valence-electron chi connectivity index (χ0n) is 21.0. The number of carbonyl (C=O) groups is 2. The maximum Gasteiger partial charge on any atom is 0.407 e. The van der Waals surface area contributed by atoms with Crippen LogP contribution in [0.3, 0.4) is 0 Å². The molecule has 0 aliphatic heterocycles. The molecule has 3 aromatic carbocycles. The summed E-state index contributed by atoms with van der Waals surface area (Å²) in [7, 11) is 1.26. The van der Waals surface area contributed by atoms with E-state index in [1.54, 1.807) is 51.1 Å². The number of rotatable bonds is 8. The summed E-state index contributed by atoms with van der Waals surface area (Å²) in [5.74, 6) is -1.14. The zero-order valence-corrected chi connectivity index (χ0v) is 22.6. The molecular formula is C28H28BrF2NO5. The third kappa shape index (κ3) is 8.28. The quantitative estimate of drug-likeness (QED) is 0.302. The van der Waals surface area contributed by atoms with Crippen molar-refractivity contribution in [3.8, 4) is 16.9 Å². The highest BCUT2D eigenvalue weighted by Gasteiger charge is 2.18. The van der Waals surface area contributed by atoms with Crippen molar-refractivity contribution < 1.29 is 32.6 Å². The maximum atomic E-state index is 15.4. The summed E-state index contributed by atoms with van der Waals surface area (Å²) in [6.45, 7) is 5.30. The van der Waals surface area contributed by atoms with Crippen LogP contribution in [0.4, 0.5) is 13.6 Å². The van der Waals surface area contributed by atoms with Crippen LogP contribution in [-0.2, 0) is 33.8 Å². The Morgan fingerprint density at radius 1 is 1.00 bits per heavy atom. The molecule has 0 radical (unpaired) electrons. The number of ether oxygens (including phenoxy) is 3. The molecule has 0 bridgehead atoms. The zero-order chi connectivity index (χ0) is 27.2. The number of alkyl carbamates (subject to hydrolysis) is 1. The van der Waals surface area contributed by atoms with Gasteiger partial charge < -0.3 is 19.5 Å². The molecule has 9 heteroatoms. The fourth-order valence-corrected chi connectivity index (χ4v) is 4.07. The standard InChI is InChI=1S/C28H28BrF2NO5/c1-28(2,3)37-27(34)32-15-18-6-5-7-23(26(18)31)19-10-17(11-21(29)12-19)16-36-24-9-8-22(30)13-20(24)14-25(33)35-4/h5-13H,14-16H2,1-4H3,(H,32,34). The van der Waals surface area contributed by atoms with Crippen molar-refractivity contribution in [2.75, 3.05) is 7.11 Å². The van der Waals surface area contributed by atoms with Gasteiger partial charge in [-0.1, -0.05) is 34.1 Å². The average molecular weight is 576 g/mol. The summed E-state index contributed by atoms with van der Waals surface area (Å²) in [5, 5.41) is 2.57. The highest BCUT2D eigenvalue weighted by molar-refractivity contribution is 9.10. The Morgan fingerprint density at radius 3 is 2.46 bits per heavy atom. The third-order valence-corrected chi connectivity index (χ3v) is 5.61. The molecule has 196 valence electrons. The van der Waals surface area contributed by atoms with Crippen LogP contribution in [0, 0.1) is 11.6 Å². The van der Waals surface area contributed by atoms with Crippen LogP contribution in [0.25, 0.3) is 11.1 Å².